The van der Waals surface area contributed by atoms with Crippen LogP contribution in [0.5, 0.6) is 11.5 Å². The smallest absolute Gasteiger partial charge is 0.343 e. The summed E-state index contributed by atoms with van der Waals surface area (Å²) in [5.41, 5.74) is 1.55. The van der Waals surface area contributed by atoms with Crippen molar-refractivity contribution in [1.29, 1.82) is 0 Å². The van der Waals surface area contributed by atoms with Crippen molar-refractivity contribution in [2.24, 2.45) is 17.8 Å². The lowest BCUT2D eigenvalue weighted by Gasteiger charge is -2.42. The van der Waals surface area contributed by atoms with E-state index in [4.69, 9.17) is 9.47 Å². The van der Waals surface area contributed by atoms with Crippen LogP contribution in [0.15, 0.2) is 49.1 Å². The lowest BCUT2D eigenvalue weighted by atomic mass is 9.63. The molecule has 0 spiro atoms. The zero-order chi connectivity index (χ0) is 23.4. The van der Waals surface area contributed by atoms with E-state index in [1.165, 1.54) is 69.8 Å². The molecule has 0 bridgehead atoms. The third-order valence-corrected chi connectivity index (χ3v) is 7.55. The normalized spacial score (nSPS) is 24.6. The summed E-state index contributed by atoms with van der Waals surface area (Å²) < 4.78 is 37.8. The maximum absolute atomic E-state index is 14.1. The zero-order valence-electron chi connectivity index (χ0n) is 19.2. The molecule has 2 aromatic carbocycles. The molecule has 4 rings (SSSR count). The van der Waals surface area contributed by atoms with Crippen molar-refractivity contribution in [3.63, 3.8) is 0 Å². The third-order valence-electron chi connectivity index (χ3n) is 7.55. The molecule has 33 heavy (non-hydrogen) atoms. The van der Waals surface area contributed by atoms with Gasteiger partial charge in [0.15, 0.2) is 11.5 Å². The highest BCUT2D eigenvalue weighted by molar-refractivity contribution is 5.91. The summed E-state index contributed by atoms with van der Waals surface area (Å²) in [5.74, 6) is -0.823. The van der Waals surface area contributed by atoms with Crippen molar-refractivity contribution in [2.75, 3.05) is 7.11 Å². The van der Waals surface area contributed by atoms with Crippen molar-refractivity contribution in [3.8, 4) is 11.5 Å². The predicted molar refractivity (Wildman–Crippen MR) is 125 cm³/mol. The Morgan fingerprint density at radius 2 is 1.64 bits per heavy atom. The minimum absolute atomic E-state index is 0.239. The van der Waals surface area contributed by atoms with E-state index >= 15 is 0 Å². The summed E-state index contributed by atoms with van der Waals surface area (Å²) in [7, 11) is 1.24. The van der Waals surface area contributed by atoms with Crippen LogP contribution in [0.2, 0.25) is 0 Å². The highest BCUT2D eigenvalue weighted by atomic mass is 19.2. The molecule has 4 atom stereocenters. The van der Waals surface area contributed by atoms with Gasteiger partial charge >= 0.3 is 5.97 Å². The molecule has 176 valence electrons. The average Bonchev–Trinajstić information content (AvgIpc) is 2.85. The van der Waals surface area contributed by atoms with Gasteiger partial charge in [-0.05, 0) is 98.4 Å². The Morgan fingerprint density at radius 3 is 2.36 bits per heavy atom. The third kappa shape index (κ3) is 5.29. The summed E-state index contributed by atoms with van der Waals surface area (Å²) in [6.07, 6.45) is 12.1. The Labute approximate surface area is 194 Å². The Kier molecular flexibility index (Phi) is 7.46. The van der Waals surface area contributed by atoms with Gasteiger partial charge in [-0.1, -0.05) is 24.6 Å². The van der Waals surface area contributed by atoms with Crippen molar-refractivity contribution in [3.05, 3.63) is 71.8 Å². The van der Waals surface area contributed by atoms with Crippen LogP contribution >= 0.6 is 0 Å². The van der Waals surface area contributed by atoms with E-state index in [0.717, 1.165) is 24.2 Å². The fraction of sp³-hybridized carbons (Fsp3) is 0.464. The lowest BCUT2D eigenvalue weighted by molar-refractivity contribution is 0.0726. The van der Waals surface area contributed by atoms with Gasteiger partial charge in [0.1, 0.15) is 0 Å². The first-order chi connectivity index (χ1) is 16.0. The number of allylic oxidation sites excluding steroid dienone is 1. The van der Waals surface area contributed by atoms with Crippen LogP contribution in [0.3, 0.4) is 0 Å². The number of ether oxygens (including phenoxy) is 2. The standard InChI is InChI=1S/C28H32F2O3/c1-3-4-5-18-6-7-23-17-22(13-12-21(23)16-18)19-8-10-20(11-9-19)28(31)33-25-15-14-24(32-2)26(29)27(25)30/h3,8-11,14-15,18,21-23H,1,4-7,12-13,16-17H2,2H3. The first-order valence-corrected chi connectivity index (χ1v) is 11.9. The van der Waals surface area contributed by atoms with E-state index in [-0.39, 0.29) is 5.75 Å². The van der Waals surface area contributed by atoms with Crippen LogP contribution in [0.25, 0.3) is 0 Å². The van der Waals surface area contributed by atoms with Crippen LogP contribution in [-0.4, -0.2) is 13.1 Å². The van der Waals surface area contributed by atoms with Crippen molar-refractivity contribution >= 4 is 5.97 Å². The number of halogens is 2. The highest BCUT2D eigenvalue weighted by Crippen LogP contribution is 2.48. The maximum Gasteiger partial charge on any atom is 0.343 e. The quantitative estimate of drug-likeness (QED) is 0.247. The Bertz CT molecular complexity index is 985. The lowest BCUT2D eigenvalue weighted by Crippen LogP contribution is -2.30. The van der Waals surface area contributed by atoms with Gasteiger partial charge in [-0.25, -0.2) is 4.79 Å². The molecular weight excluding hydrogens is 422 g/mol. The maximum atomic E-state index is 14.1. The summed E-state index contributed by atoms with van der Waals surface area (Å²) in [4.78, 5) is 12.5. The number of carbonyl (C=O) groups is 1. The fourth-order valence-electron chi connectivity index (χ4n) is 5.71. The first-order valence-electron chi connectivity index (χ1n) is 11.9. The average molecular weight is 455 g/mol. The van der Waals surface area contributed by atoms with E-state index in [2.05, 4.69) is 6.58 Å². The summed E-state index contributed by atoms with van der Waals surface area (Å²) in [6, 6.07) is 9.80. The number of methoxy groups -OCH3 is 1. The molecule has 5 heteroatoms. The molecule has 2 saturated carbocycles. The van der Waals surface area contributed by atoms with E-state index in [1.807, 2.05) is 18.2 Å². The molecular formula is C28H32F2O3. The van der Waals surface area contributed by atoms with E-state index in [9.17, 15) is 13.6 Å². The number of esters is 1. The van der Waals surface area contributed by atoms with Gasteiger partial charge in [0, 0.05) is 0 Å². The first kappa shape index (κ1) is 23.5. The number of hydrogen-bond donors (Lipinski definition) is 0. The summed E-state index contributed by atoms with van der Waals surface area (Å²) in [5, 5.41) is 0. The molecule has 0 saturated heterocycles. The van der Waals surface area contributed by atoms with Crippen molar-refractivity contribution < 1.29 is 23.0 Å². The highest BCUT2D eigenvalue weighted by Gasteiger charge is 2.35. The Hall–Kier alpha value is -2.69. The number of benzene rings is 2. The van der Waals surface area contributed by atoms with E-state index in [0.29, 0.717) is 11.5 Å². The van der Waals surface area contributed by atoms with Gasteiger partial charge in [-0.3, -0.25) is 0 Å². The number of carbonyl (C=O) groups excluding carboxylic acids is 1. The minimum atomic E-state index is -1.24. The van der Waals surface area contributed by atoms with Gasteiger partial charge in [0.05, 0.1) is 12.7 Å². The summed E-state index contributed by atoms with van der Waals surface area (Å²) >= 11 is 0. The van der Waals surface area contributed by atoms with Crippen LogP contribution in [0, 0.1) is 29.4 Å². The molecule has 0 heterocycles. The number of hydrogen-bond acceptors (Lipinski definition) is 3. The predicted octanol–water partition coefficient (Wildman–Crippen LogP) is 7.46. The van der Waals surface area contributed by atoms with E-state index in [1.54, 1.807) is 12.1 Å². The molecule has 0 amide bonds. The SMILES string of the molecule is C=CCCC1CCC2CC(c3ccc(C(=O)Oc4ccc(OC)c(F)c4F)cc3)CCC2C1. The second kappa shape index (κ2) is 10.5. The Morgan fingerprint density at radius 1 is 0.970 bits per heavy atom. The molecule has 3 nitrogen and oxygen atoms in total. The largest absolute Gasteiger partial charge is 0.494 e. The second-order valence-electron chi connectivity index (χ2n) is 9.48. The molecule has 2 aliphatic carbocycles. The fourth-order valence-corrected chi connectivity index (χ4v) is 5.71. The van der Waals surface area contributed by atoms with Gasteiger partial charge in [-0.15, -0.1) is 6.58 Å². The summed E-state index contributed by atoms with van der Waals surface area (Å²) in [6.45, 7) is 3.86. The van der Waals surface area contributed by atoms with Crippen LogP contribution in [-0.2, 0) is 0 Å². The molecule has 2 fully saturated rings. The van der Waals surface area contributed by atoms with E-state index < -0.39 is 23.4 Å². The van der Waals surface area contributed by atoms with Crippen LogP contribution in [0.1, 0.15) is 73.2 Å². The van der Waals surface area contributed by atoms with Gasteiger partial charge < -0.3 is 9.47 Å². The molecule has 2 aromatic rings. The molecule has 0 radical (unpaired) electrons. The number of rotatable bonds is 7. The van der Waals surface area contributed by atoms with Gasteiger partial charge in [0.25, 0.3) is 0 Å². The van der Waals surface area contributed by atoms with Crippen LogP contribution < -0.4 is 9.47 Å². The molecule has 2 aliphatic rings. The zero-order valence-corrected chi connectivity index (χ0v) is 19.2. The number of fused-ring (bicyclic) bond motifs is 1. The molecule has 4 unspecified atom stereocenters. The van der Waals surface area contributed by atoms with Crippen molar-refractivity contribution in [2.45, 2.75) is 57.3 Å². The molecule has 0 N–H and O–H groups in total. The monoisotopic (exact) mass is 454 g/mol. The van der Waals surface area contributed by atoms with Gasteiger partial charge in [-0.2, -0.15) is 8.78 Å². The Balaban J connectivity index is 1.36. The van der Waals surface area contributed by atoms with Crippen LogP contribution in [0.4, 0.5) is 8.78 Å². The molecule has 0 aliphatic heterocycles. The van der Waals surface area contributed by atoms with Gasteiger partial charge in [0.2, 0.25) is 11.6 Å². The van der Waals surface area contributed by atoms with Crippen molar-refractivity contribution in [1.82, 2.24) is 0 Å². The topological polar surface area (TPSA) is 35.5 Å². The molecule has 0 aromatic heterocycles. The second-order valence-corrected chi connectivity index (χ2v) is 9.48. The minimum Gasteiger partial charge on any atom is -0.494 e.